The molecule has 1 amide bonds. The van der Waals surface area contributed by atoms with Crippen molar-refractivity contribution in [3.8, 4) is 0 Å². The molecule has 2 fully saturated rings. The predicted octanol–water partition coefficient (Wildman–Crippen LogP) is 2.06. The Hall–Kier alpha value is -0.870. The van der Waals surface area contributed by atoms with Crippen LogP contribution >= 0.6 is 15.9 Å². The van der Waals surface area contributed by atoms with Crippen LogP contribution in [0.15, 0.2) is 28.7 Å². The molecule has 19 heavy (non-hydrogen) atoms. The lowest BCUT2D eigenvalue weighted by molar-refractivity contribution is -0.133. The third-order valence-corrected chi connectivity index (χ3v) is 4.64. The van der Waals surface area contributed by atoms with Crippen LogP contribution in [-0.2, 0) is 11.2 Å². The summed E-state index contributed by atoms with van der Waals surface area (Å²) in [5, 5.41) is 3.46. The monoisotopic (exact) mass is 322 g/mol. The van der Waals surface area contributed by atoms with Gasteiger partial charge in [-0.2, -0.15) is 0 Å². The second kappa shape index (κ2) is 5.63. The van der Waals surface area contributed by atoms with Gasteiger partial charge < -0.3 is 10.2 Å². The second-order valence-electron chi connectivity index (χ2n) is 5.73. The number of piperidine rings is 2. The molecule has 0 saturated carbocycles. The SMILES string of the molecule is O=C(Cc1ccc(Br)cc1)N1CC2CNCC(C2)C1. The lowest BCUT2D eigenvalue weighted by Gasteiger charge is -2.41. The molecular weight excluding hydrogens is 304 g/mol. The molecule has 0 radical (unpaired) electrons. The average molecular weight is 323 g/mol. The number of rotatable bonds is 2. The molecule has 0 spiro atoms. The molecule has 0 aromatic heterocycles. The molecule has 2 aliphatic heterocycles. The number of fused-ring (bicyclic) bond motifs is 2. The number of carbonyl (C=O) groups excluding carboxylic acids is 1. The zero-order chi connectivity index (χ0) is 13.2. The summed E-state index contributed by atoms with van der Waals surface area (Å²) < 4.78 is 1.06. The standard InChI is InChI=1S/C15H19BrN2O/c16-14-3-1-11(2-4-14)6-15(19)18-9-12-5-13(10-18)8-17-7-12/h1-4,12-13,17H,5-10H2. The third-order valence-electron chi connectivity index (χ3n) is 4.11. The summed E-state index contributed by atoms with van der Waals surface area (Å²) in [5.74, 6) is 1.58. The Bertz CT molecular complexity index is 448. The number of nitrogens with one attached hydrogen (secondary N) is 1. The van der Waals surface area contributed by atoms with E-state index in [9.17, 15) is 4.79 Å². The molecule has 0 aliphatic carbocycles. The summed E-state index contributed by atoms with van der Waals surface area (Å²) in [6.45, 7) is 3.99. The highest BCUT2D eigenvalue weighted by molar-refractivity contribution is 9.10. The van der Waals surface area contributed by atoms with Crippen molar-refractivity contribution < 1.29 is 4.79 Å². The van der Waals surface area contributed by atoms with Crippen LogP contribution in [0.4, 0.5) is 0 Å². The molecule has 3 nitrogen and oxygen atoms in total. The highest BCUT2D eigenvalue weighted by atomic mass is 79.9. The van der Waals surface area contributed by atoms with E-state index in [1.54, 1.807) is 0 Å². The number of hydrogen-bond donors (Lipinski definition) is 1. The molecule has 2 saturated heterocycles. The van der Waals surface area contributed by atoms with E-state index in [4.69, 9.17) is 0 Å². The van der Waals surface area contributed by atoms with E-state index in [0.717, 1.165) is 36.2 Å². The molecule has 1 N–H and O–H groups in total. The number of carbonyl (C=O) groups is 1. The van der Waals surface area contributed by atoms with E-state index in [0.29, 0.717) is 18.3 Å². The Morgan fingerprint density at radius 3 is 2.47 bits per heavy atom. The Labute approximate surface area is 122 Å². The van der Waals surface area contributed by atoms with Crippen molar-refractivity contribution in [2.75, 3.05) is 26.2 Å². The topological polar surface area (TPSA) is 32.3 Å². The maximum Gasteiger partial charge on any atom is 0.227 e. The van der Waals surface area contributed by atoms with Gasteiger partial charge in [0.15, 0.2) is 0 Å². The fourth-order valence-corrected chi connectivity index (χ4v) is 3.46. The van der Waals surface area contributed by atoms with Crippen LogP contribution in [0, 0.1) is 11.8 Å². The van der Waals surface area contributed by atoms with Gasteiger partial charge in [-0.15, -0.1) is 0 Å². The highest BCUT2D eigenvalue weighted by Crippen LogP contribution is 2.25. The Morgan fingerprint density at radius 1 is 1.21 bits per heavy atom. The van der Waals surface area contributed by atoms with Gasteiger partial charge in [0.05, 0.1) is 6.42 Å². The third kappa shape index (κ3) is 3.18. The first-order chi connectivity index (χ1) is 9.20. The van der Waals surface area contributed by atoms with Gasteiger partial charge >= 0.3 is 0 Å². The van der Waals surface area contributed by atoms with Crippen LogP contribution in [0.5, 0.6) is 0 Å². The minimum absolute atomic E-state index is 0.277. The first-order valence-electron chi connectivity index (χ1n) is 6.93. The Kier molecular flexibility index (Phi) is 3.89. The van der Waals surface area contributed by atoms with Crippen molar-refractivity contribution in [2.24, 2.45) is 11.8 Å². The van der Waals surface area contributed by atoms with Crippen LogP contribution in [0.25, 0.3) is 0 Å². The van der Waals surface area contributed by atoms with Gasteiger partial charge in [0.1, 0.15) is 0 Å². The maximum absolute atomic E-state index is 12.4. The molecule has 4 heteroatoms. The summed E-state index contributed by atoms with van der Waals surface area (Å²) >= 11 is 3.42. The first kappa shape index (κ1) is 13.1. The van der Waals surface area contributed by atoms with Crippen molar-refractivity contribution in [1.29, 1.82) is 0 Å². The summed E-state index contributed by atoms with van der Waals surface area (Å²) in [6, 6.07) is 8.04. The molecule has 2 atom stereocenters. The van der Waals surface area contributed by atoms with Gasteiger partial charge in [-0.05, 0) is 49.0 Å². The van der Waals surface area contributed by atoms with Gasteiger partial charge in [-0.1, -0.05) is 28.1 Å². The molecule has 2 heterocycles. The predicted molar refractivity (Wildman–Crippen MR) is 78.9 cm³/mol. The smallest absolute Gasteiger partial charge is 0.227 e. The molecule has 3 rings (SSSR count). The normalized spacial score (nSPS) is 26.3. The number of halogens is 1. The van der Waals surface area contributed by atoms with E-state index in [1.807, 2.05) is 24.3 Å². The van der Waals surface area contributed by atoms with Gasteiger partial charge in [0.2, 0.25) is 5.91 Å². The summed E-state index contributed by atoms with van der Waals surface area (Å²) in [6.07, 6.45) is 1.81. The zero-order valence-corrected chi connectivity index (χ0v) is 12.5. The first-order valence-corrected chi connectivity index (χ1v) is 7.73. The second-order valence-corrected chi connectivity index (χ2v) is 6.64. The van der Waals surface area contributed by atoms with Crippen LogP contribution < -0.4 is 5.32 Å². The summed E-state index contributed by atoms with van der Waals surface area (Å²) in [4.78, 5) is 14.4. The minimum atomic E-state index is 0.277. The van der Waals surface area contributed by atoms with Crippen LogP contribution in [-0.4, -0.2) is 37.0 Å². The van der Waals surface area contributed by atoms with Gasteiger partial charge in [-0.25, -0.2) is 0 Å². The van der Waals surface area contributed by atoms with E-state index >= 15 is 0 Å². The van der Waals surface area contributed by atoms with E-state index in [-0.39, 0.29) is 5.91 Å². The molecule has 1 aromatic carbocycles. The van der Waals surface area contributed by atoms with Crippen molar-refractivity contribution in [3.63, 3.8) is 0 Å². The van der Waals surface area contributed by atoms with Gasteiger partial charge in [0.25, 0.3) is 0 Å². The van der Waals surface area contributed by atoms with Gasteiger partial charge in [-0.3, -0.25) is 4.79 Å². The highest BCUT2D eigenvalue weighted by Gasteiger charge is 2.32. The lowest BCUT2D eigenvalue weighted by Crippen LogP contribution is -2.53. The molecule has 2 aliphatic rings. The van der Waals surface area contributed by atoms with Crippen LogP contribution in [0.3, 0.4) is 0 Å². The van der Waals surface area contributed by atoms with Crippen molar-refractivity contribution >= 4 is 21.8 Å². The Morgan fingerprint density at radius 2 is 1.84 bits per heavy atom. The Balaban J connectivity index is 1.62. The number of amides is 1. The molecular formula is C15H19BrN2O. The molecule has 2 bridgehead atoms. The van der Waals surface area contributed by atoms with E-state index in [1.165, 1.54) is 6.42 Å². The maximum atomic E-state index is 12.4. The molecule has 2 unspecified atom stereocenters. The van der Waals surface area contributed by atoms with Gasteiger partial charge in [0, 0.05) is 17.6 Å². The van der Waals surface area contributed by atoms with E-state index < -0.39 is 0 Å². The number of likely N-dealkylation sites (tertiary alicyclic amines) is 1. The van der Waals surface area contributed by atoms with Crippen molar-refractivity contribution in [3.05, 3.63) is 34.3 Å². The van der Waals surface area contributed by atoms with Crippen molar-refractivity contribution in [1.82, 2.24) is 10.2 Å². The summed E-state index contributed by atoms with van der Waals surface area (Å²) in [7, 11) is 0. The minimum Gasteiger partial charge on any atom is -0.342 e. The quantitative estimate of drug-likeness (QED) is 0.904. The largest absolute Gasteiger partial charge is 0.342 e. The number of hydrogen-bond acceptors (Lipinski definition) is 2. The molecule has 102 valence electrons. The van der Waals surface area contributed by atoms with Crippen LogP contribution in [0.1, 0.15) is 12.0 Å². The van der Waals surface area contributed by atoms with E-state index in [2.05, 4.69) is 26.1 Å². The van der Waals surface area contributed by atoms with Crippen molar-refractivity contribution in [2.45, 2.75) is 12.8 Å². The van der Waals surface area contributed by atoms with Crippen LogP contribution in [0.2, 0.25) is 0 Å². The lowest BCUT2D eigenvalue weighted by atomic mass is 9.85. The number of nitrogens with zero attached hydrogens (tertiary/aromatic N) is 1. The molecule has 1 aromatic rings. The summed E-state index contributed by atoms with van der Waals surface area (Å²) in [5.41, 5.74) is 1.10. The number of benzene rings is 1. The zero-order valence-electron chi connectivity index (χ0n) is 10.9. The average Bonchev–Trinajstić information content (AvgIpc) is 2.41. The fourth-order valence-electron chi connectivity index (χ4n) is 3.20. The fraction of sp³-hybridized carbons (Fsp3) is 0.533.